The van der Waals surface area contributed by atoms with E-state index in [4.69, 9.17) is 5.11 Å². The van der Waals surface area contributed by atoms with Crippen LogP contribution in [0.2, 0.25) is 0 Å². The predicted molar refractivity (Wildman–Crippen MR) is 65.4 cm³/mol. The molecule has 1 aromatic rings. The predicted octanol–water partition coefficient (Wildman–Crippen LogP) is 1.72. The van der Waals surface area contributed by atoms with Gasteiger partial charge in [0.1, 0.15) is 5.82 Å². The van der Waals surface area contributed by atoms with Gasteiger partial charge in [-0.25, -0.2) is 9.78 Å². The highest BCUT2D eigenvalue weighted by Crippen LogP contribution is 2.17. The van der Waals surface area contributed by atoms with E-state index >= 15 is 0 Å². The minimum atomic E-state index is -0.925. The Kier molecular flexibility index (Phi) is 3.66. The average molecular weight is 238 g/mol. The zero-order valence-electron chi connectivity index (χ0n) is 8.93. The van der Waals surface area contributed by atoms with E-state index in [1.807, 2.05) is 11.8 Å². The van der Waals surface area contributed by atoms with Crippen LogP contribution in [0.15, 0.2) is 18.3 Å². The molecular formula is C11H14N2O2S. The molecule has 5 heteroatoms. The van der Waals surface area contributed by atoms with Crippen LogP contribution in [0.25, 0.3) is 0 Å². The number of thioether (sulfide) groups is 1. The summed E-state index contributed by atoms with van der Waals surface area (Å²) in [6.45, 7) is 2.00. The number of hydrogen-bond donors (Lipinski definition) is 1. The van der Waals surface area contributed by atoms with E-state index in [0.29, 0.717) is 0 Å². The van der Waals surface area contributed by atoms with E-state index in [1.54, 1.807) is 12.1 Å². The summed E-state index contributed by atoms with van der Waals surface area (Å²) in [5.41, 5.74) is 0.243. The number of carbonyl (C=O) groups is 1. The van der Waals surface area contributed by atoms with Crippen molar-refractivity contribution in [1.82, 2.24) is 4.98 Å². The Morgan fingerprint density at radius 1 is 1.38 bits per heavy atom. The fourth-order valence-corrected chi connectivity index (χ4v) is 2.56. The average Bonchev–Trinajstić information content (AvgIpc) is 2.57. The van der Waals surface area contributed by atoms with Crippen molar-refractivity contribution in [3.05, 3.63) is 23.9 Å². The second kappa shape index (κ2) is 5.21. The van der Waals surface area contributed by atoms with Crippen molar-refractivity contribution >= 4 is 23.5 Å². The third-order valence-electron chi connectivity index (χ3n) is 2.54. The van der Waals surface area contributed by atoms with Gasteiger partial charge in [0, 0.05) is 25.0 Å². The molecule has 16 heavy (non-hydrogen) atoms. The maximum absolute atomic E-state index is 10.7. The van der Waals surface area contributed by atoms with Gasteiger partial charge < -0.3 is 10.0 Å². The number of carboxylic acids is 1. The van der Waals surface area contributed by atoms with Crippen molar-refractivity contribution in [2.75, 3.05) is 29.5 Å². The summed E-state index contributed by atoms with van der Waals surface area (Å²) in [5, 5.41) is 8.77. The number of rotatable bonds is 2. The Bertz CT molecular complexity index is 359. The molecule has 1 aromatic heterocycles. The lowest BCUT2D eigenvalue weighted by molar-refractivity contribution is 0.0696. The lowest BCUT2D eigenvalue weighted by atomic mass is 10.3. The Morgan fingerprint density at radius 3 is 2.94 bits per heavy atom. The molecule has 0 atom stereocenters. The van der Waals surface area contributed by atoms with Crippen LogP contribution in [-0.4, -0.2) is 40.7 Å². The number of aromatic nitrogens is 1. The van der Waals surface area contributed by atoms with Gasteiger partial charge in [-0.15, -0.1) is 0 Å². The van der Waals surface area contributed by atoms with Crippen LogP contribution < -0.4 is 4.90 Å². The van der Waals surface area contributed by atoms with Gasteiger partial charge in [0.05, 0.1) is 5.56 Å². The second-order valence-corrected chi connectivity index (χ2v) is 4.89. The summed E-state index contributed by atoms with van der Waals surface area (Å²) in [4.78, 5) is 17.1. The maximum Gasteiger partial charge on any atom is 0.337 e. The molecule has 1 saturated heterocycles. The van der Waals surface area contributed by atoms with Crippen molar-refractivity contribution in [3.8, 4) is 0 Å². The summed E-state index contributed by atoms with van der Waals surface area (Å²) in [5.74, 6) is 2.27. The summed E-state index contributed by atoms with van der Waals surface area (Å²) in [7, 11) is 0. The standard InChI is InChI=1S/C11H14N2O2S/c14-11(15)9-2-3-10(12-8-9)13-4-1-6-16-7-5-13/h2-3,8H,1,4-7H2,(H,14,15). The Labute approximate surface area is 98.7 Å². The first kappa shape index (κ1) is 11.3. The normalized spacial score (nSPS) is 16.9. The number of pyridine rings is 1. The summed E-state index contributed by atoms with van der Waals surface area (Å²) in [6, 6.07) is 3.40. The number of aromatic carboxylic acids is 1. The van der Waals surface area contributed by atoms with E-state index < -0.39 is 5.97 Å². The van der Waals surface area contributed by atoms with E-state index in [2.05, 4.69) is 9.88 Å². The molecule has 1 N–H and O–H groups in total. The molecule has 1 aliphatic heterocycles. The summed E-state index contributed by atoms with van der Waals surface area (Å²) >= 11 is 1.96. The first-order valence-electron chi connectivity index (χ1n) is 5.29. The Balaban J connectivity index is 2.10. The van der Waals surface area contributed by atoms with Crippen LogP contribution in [-0.2, 0) is 0 Å². The molecule has 0 radical (unpaired) electrons. The zero-order chi connectivity index (χ0) is 11.4. The highest BCUT2D eigenvalue weighted by molar-refractivity contribution is 7.99. The van der Waals surface area contributed by atoms with Crippen molar-refractivity contribution < 1.29 is 9.90 Å². The van der Waals surface area contributed by atoms with Crippen LogP contribution in [0, 0.1) is 0 Å². The highest BCUT2D eigenvalue weighted by atomic mass is 32.2. The van der Waals surface area contributed by atoms with Crippen molar-refractivity contribution in [2.45, 2.75) is 6.42 Å². The van der Waals surface area contributed by atoms with E-state index in [1.165, 1.54) is 11.9 Å². The van der Waals surface area contributed by atoms with Gasteiger partial charge in [0.25, 0.3) is 0 Å². The Hall–Kier alpha value is -1.23. The quantitative estimate of drug-likeness (QED) is 0.850. The Morgan fingerprint density at radius 2 is 2.25 bits per heavy atom. The third-order valence-corrected chi connectivity index (χ3v) is 3.59. The minimum Gasteiger partial charge on any atom is -0.478 e. The van der Waals surface area contributed by atoms with Crippen LogP contribution in [0.1, 0.15) is 16.8 Å². The molecule has 0 unspecified atom stereocenters. The molecule has 0 spiro atoms. The third kappa shape index (κ3) is 2.66. The van der Waals surface area contributed by atoms with Crippen molar-refractivity contribution in [1.29, 1.82) is 0 Å². The van der Waals surface area contributed by atoms with Gasteiger partial charge in [-0.1, -0.05) is 0 Å². The molecule has 2 rings (SSSR count). The molecule has 1 aliphatic rings. The zero-order valence-corrected chi connectivity index (χ0v) is 9.74. The van der Waals surface area contributed by atoms with Gasteiger partial charge in [-0.05, 0) is 24.3 Å². The smallest absolute Gasteiger partial charge is 0.337 e. The van der Waals surface area contributed by atoms with Crippen LogP contribution in [0.5, 0.6) is 0 Å². The second-order valence-electron chi connectivity index (χ2n) is 3.66. The van der Waals surface area contributed by atoms with Crippen LogP contribution >= 0.6 is 11.8 Å². The molecule has 0 saturated carbocycles. The van der Waals surface area contributed by atoms with Crippen molar-refractivity contribution in [3.63, 3.8) is 0 Å². The van der Waals surface area contributed by atoms with E-state index in [0.717, 1.165) is 31.1 Å². The molecule has 0 aliphatic carbocycles. The highest BCUT2D eigenvalue weighted by Gasteiger charge is 2.11. The molecule has 0 amide bonds. The first-order chi connectivity index (χ1) is 7.77. The lowest BCUT2D eigenvalue weighted by Gasteiger charge is -2.20. The molecule has 4 nitrogen and oxygen atoms in total. The fourth-order valence-electron chi connectivity index (χ4n) is 1.67. The van der Waals surface area contributed by atoms with Gasteiger partial charge in [0.15, 0.2) is 0 Å². The largest absolute Gasteiger partial charge is 0.478 e. The summed E-state index contributed by atoms with van der Waals surface area (Å²) < 4.78 is 0. The van der Waals surface area contributed by atoms with E-state index in [-0.39, 0.29) is 5.56 Å². The van der Waals surface area contributed by atoms with Gasteiger partial charge in [-0.2, -0.15) is 11.8 Å². The van der Waals surface area contributed by atoms with Crippen molar-refractivity contribution in [2.24, 2.45) is 0 Å². The molecular weight excluding hydrogens is 224 g/mol. The van der Waals surface area contributed by atoms with Gasteiger partial charge >= 0.3 is 5.97 Å². The summed E-state index contributed by atoms with van der Waals surface area (Å²) in [6.07, 6.45) is 2.59. The lowest BCUT2D eigenvalue weighted by Crippen LogP contribution is -2.26. The fraction of sp³-hybridized carbons (Fsp3) is 0.455. The maximum atomic E-state index is 10.7. The topological polar surface area (TPSA) is 53.4 Å². The van der Waals surface area contributed by atoms with Crippen LogP contribution in [0.3, 0.4) is 0 Å². The number of carboxylic acid groups (broad SMARTS) is 1. The molecule has 0 bridgehead atoms. The monoisotopic (exact) mass is 238 g/mol. The molecule has 0 aromatic carbocycles. The molecule has 2 heterocycles. The van der Waals surface area contributed by atoms with Gasteiger partial charge in [0.2, 0.25) is 0 Å². The number of nitrogens with zero attached hydrogens (tertiary/aromatic N) is 2. The number of hydrogen-bond acceptors (Lipinski definition) is 4. The van der Waals surface area contributed by atoms with Gasteiger partial charge in [-0.3, -0.25) is 0 Å². The molecule has 86 valence electrons. The minimum absolute atomic E-state index is 0.243. The molecule has 1 fully saturated rings. The number of anilines is 1. The van der Waals surface area contributed by atoms with E-state index in [9.17, 15) is 4.79 Å². The first-order valence-corrected chi connectivity index (χ1v) is 6.45. The SMILES string of the molecule is O=C(O)c1ccc(N2CCCSCC2)nc1. The van der Waals surface area contributed by atoms with Crippen LogP contribution in [0.4, 0.5) is 5.82 Å².